The lowest BCUT2D eigenvalue weighted by Crippen LogP contribution is -2.14. The van der Waals surface area contributed by atoms with Crippen molar-refractivity contribution >= 4 is 43.6 Å². The third-order valence-corrected chi connectivity index (χ3v) is 5.85. The Bertz CT molecular complexity index is 1630. The first-order valence-electron chi connectivity index (χ1n) is 10.1. The third-order valence-electron chi connectivity index (χ3n) is 5.85. The van der Waals surface area contributed by atoms with E-state index in [0.717, 1.165) is 11.0 Å². The molecule has 1 N–H and O–H groups in total. The van der Waals surface area contributed by atoms with Crippen molar-refractivity contribution < 1.29 is 9.47 Å². The van der Waals surface area contributed by atoms with Crippen LogP contribution >= 0.6 is 0 Å². The summed E-state index contributed by atoms with van der Waals surface area (Å²) >= 11 is 0. The molecule has 0 saturated heterocycles. The van der Waals surface area contributed by atoms with Crippen LogP contribution in [0.1, 0.15) is 19.9 Å². The molecule has 3 aromatic carbocycles. The summed E-state index contributed by atoms with van der Waals surface area (Å²) in [6.07, 6.45) is 0. The summed E-state index contributed by atoms with van der Waals surface area (Å²) < 4.78 is 12.7. The number of aromatic nitrogens is 2. The second-order valence-electron chi connectivity index (χ2n) is 7.96. The number of methoxy groups -OCH3 is 2. The van der Waals surface area contributed by atoms with Gasteiger partial charge in [0.1, 0.15) is 11.5 Å². The zero-order chi connectivity index (χ0) is 21.9. The van der Waals surface area contributed by atoms with Crippen LogP contribution in [0.2, 0.25) is 0 Å². The minimum absolute atomic E-state index is 0.0797. The fraction of sp³-hybridized carbons (Fsp3) is 0.200. The minimum Gasteiger partial charge on any atom is -0.497 e. The highest BCUT2D eigenvalue weighted by molar-refractivity contribution is 6.03. The Hall–Kier alpha value is -3.80. The van der Waals surface area contributed by atoms with Gasteiger partial charge in [0.15, 0.2) is 10.9 Å². The van der Waals surface area contributed by atoms with Crippen molar-refractivity contribution in [1.82, 2.24) is 9.55 Å². The summed E-state index contributed by atoms with van der Waals surface area (Å²) in [5, 5.41) is 2.24. The standard InChI is InChI=1S/C25H22N2O4/c1-13(2)27-22-8-6-15(31-4)10-18(22)25(29)19-11-21-17(12-23(19)27)24(28)16-9-14(30-3)5-7-20(16)26-21/h5-13H,1-4H3,(H,26,28). The molecule has 0 atom stereocenters. The maximum absolute atomic E-state index is 13.4. The molecule has 0 aliphatic heterocycles. The maximum Gasteiger partial charge on any atom is 0.197 e. The fourth-order valence-electron chi connectivity index (χ4n) is 4.36. The fourth-order valence-corrected chi connectivity index (χ4v) is 4.36. The van der Waals surface area contributed by atoms with Gasteiger partial charge < -0.3 is 19.0 Å². The van der Waals surface area contributed by atoms with Crippen LogP contribution in [0.3, 0.4) is 0 Å². The van der Waals surface area contributed by atoms with E-state index in [1.807, 2.05) is 24.3 Å². The van der Waals surface area contributed by atoms with Crippen LogP contribution in [0, 0.1) is 0 Å². The highest BCUT2D eigenvalue weighted by Gasteiger charge is 2.16. The zero-order valence-electron chi connectivity index (χ0n) is 17.8. The number of nitrogens with one attached hydrogen (secondary N) is 1. The van der Waals surface area contributed by atoms with E-state index in [0.29, 0.717) is 44.1 Å². The Morgan fingerprint density at radius 1 is 0.710 bits per heavy atom. The van der Waals surface area contributed by atoms with Gasteiger partial charge in [0, 0.05) is 27.6 Å². The molecule has 156 valence electrons. The van der Waals surface area contributed by atoms with Crippen LogP contribution in [-0.4, -0.2) is 23.8 Å². The van der Waals surface area contributed by atoms with Crippen LogP contribution in [0.25, 0.3) is 43.6 Å². The molecule has 0 radical (unpaired) electrons. The van der Waals surface area contributed by atoms with Gasteiger partial charge in [-0.15, -0.1) is 0 Å². The summed E-state index contributed by atoms with van der Waals surface area (Å²) in [7, 11) is 3.16. The van der Waals surface area contributed by atoms with Gasteiger partial charge in [-0.25, -0.2) is 0 Å². The van der Waals surface area contributed by atoms with Gasteiger partial charge in [0.05, 0.1) is 36.3 Å². The first kappa shape index (κ1) is 19.2. The molecule has 5 aromatic rings. The number of H-pyrrole nitrogens is 1. The van der Waals surface area contributed by atoms with Crippen LogP contribution < -0.4 is 20.3 Å². The second-order valence-corrected chi connectivity index (χ2v) is 7.96. The maximum atomic E-state index is 13.4. The Balaban J connectivity index is 2.00. The lowest BCUT2D eigenvalue weighted by Gasteiger charge is -2.19. The summed E-state index contributed by atoms with van der Waals surface area (Å²) in [6, 6.07) is 14.6. The quantitative estimate of drug-likeness (QED) is 0.433. The predicted octanol–water partition coefficient (Wildman–Crippen LogP) is 4.75. The van der Waals surface area contributed by atoms with Crippen molar-refractivity contribution in [2.75, 3.05) is 14.2 Å². The molecule has 0 unspecified atom stereocenters. The monoisotopic (exact) mass is 414 g/mol. The largest absolute Gasteiger partial charge is 0.497 e. The van der Waals surface area contributed by atoms with Crippen molar-refractivity contribution in [2.45, 2.75) is 19.9 Å². The molecule has 0 aliphatic rings. The average Bonchev–Trinajstić information content (AvgIpc) is 2.78. The Kier molecular flexibility index (Phi) is 4.25. The van der Waals surface area contributed by atoms with Crippen molar-refractivity contribution in [3.05, 3.63) is 69.0 Å². The van der Waals surface area contributed by atoms with Crippen molar-refractivity contribution in [2.24, 2.45) is 0 Å². The van der Waals surface area contributed by atoms with Crippen LogP contribution in [0.5, 0.6) is 11.5 Å². The molecule has 0 saturated carbocycles. The van der Waals surface area contributed by atoms with Gasteiger partial charge in [0.25, 0.3) is 0 Å². The molecule has 0 amide bonds. The molecule has 0 fully saturated rings. The number of rotatable bonds is 3. The van der Waals surface area contributed by atoms with E-state index in [2.05, 4.69) is 23.4 Å². The van der Waals surface area contributed by atoms with Gasteiger partial charge in [-0.1, -0.05) is 0 Å². The van der Waals surface area contributed by atoms with Crippen molar-refractivity contribution in [3.8, 4) is 11.5 Å². The van der Waals surface area contributed by atoms with Crippen molar-refractivity contribution in [1.29, 1.82) is 0 Å². The number of nitrogens with zero attached hydrogens (tertiary/aromatic N) is 1. The summed E-state index contributed by atoms with van der Waals surface area (Å²) in [4.78, 5) is 30.1. The van der Waals surface area contributed by atoms with Gasteiger partial charge in [-0.3, -0.25) is 9.59 Å². The number of ether oxygens (including phenoxy) is 2. The normalized spacial score (nSPS) is 11.8. The van der Waals surface area contributed by atoms with E-state index in [-0.39, 0.29) is 16.9 Å². The Morgan fingerprint density at radius 2 is 1.29 bits per heavy atom. The van der Waals surface area contributed by atoms with E-state index < -0.39 is 0 Å². The number of pyridine rings is 2. The molecule has 0 aliphatic carbocycles. The molecular weight excluding hydrogens is 392 g/mol. The molecule has 6 heteroatoms. The van der Waals surface area contributed by atoms with Gasteiger partial charge >= 0.3 is 0 Å². The predicted molar refractivity (Wildman–Crippen MR) is 125 cm³/mol. The van der Waals surface area contributed by atoms with Crippen LogP contribution in [0.15, 0.2) is 58.1 Å². The number of hydrogen-bond donors (Lipinski definition) is 1. The van der Waals surface area contributed by atoms with Crippen LogP contribution in [-0.2, 0) is 0 Å². The molecule has 2 heterocycles. The smallest absolute Gasteiger partial charge is 0.197 e. The number of aromatic amines is 1. The molecule has 0 bridgehead atoms. The molecule has 31 heavy (non-hydrogen) atoms. The second kappa shape index (κ2) is 6.87. The number of fused-ring (bicyclic) bond motifs is 4. The summed E-state index contributed by atoms with van der Waals surface area (Å²) in [5.41, 5.74) is 2.69. The Labute approximate surface area is 177 Å². The van der Waals surface area contributed by atoms with Crippen molar-refractivity contribution in [3.63, 3.8) is 0 Å². The highest BCUT2D eigenvalue weighted by atomic mass is 16.5. The number of hydrogen-bond acceptors (Lipinski definition) is 4. The van der Waals surface area contributed by atoms with Gasteiger partial charge in [-0.05, 0) is 62.4 Å². The first-order chi connectivity index (χ1) is 14.9. The molecular formula is C25H22N2O4. The summed E-state index contributed by atoms with van der Waals surface area (Å²) in [6.45, 7) is 4.13. The molecule has 2 aromatic heterocycles. The SMILES string of the molecule is COc1ccc2[nH]c3cc4c(=O)c5cc(OC)ccc5n(C(C)C)c4cc3c(=O)c2c1. The molecule has 6 nitrogen and oxygen atoms in total. The van der Waals surface area contributed by atoms with Crippen LogP contribution in [0.4, 0.5) is 0 Å². The summed E-state index contributed by atoms with van der Waals surface area (Å²) in [5.74, 6) is 1.26. The minimum atomic E-state index is -0.0952. The van der Waals surface area contributed by atoms with E-state index in [9.17, 15) is 9.59 Å². The zero-order valence-corrected chi connectivity index (χ0v) is 17.8. The lowest BCUT2D eigenvalue weighted by molar-refractivity contribution is 0.415. The third kappa shape index (κ3) is 2.79. The average molecular weight is 414 g/mol. The van der Waals surface area contributed by atoms with Gasteiger partial charge in [-0.2, -0.15) is 0 Å². The highest BCUT2D eigenvalue weighted by Crippen LogP contribution is 2.29. The topological polar surface area (TPSA) is 73.3 Å². The van der Waals surface area contributed by atoms with E-state index in [1.165, 1.54) is 0 Å². The van der Waals surface area contributed by atoms with E-state index >= 15 is 0 Å². The molecule has 0 spiro atoms. The number of benzene rings is 3. The van der Waals surface area contributed by atoms with Gasteiger partial charge in [0.2, 0.25) is 0 Å². The van der Waals surface area contributed by atoms with E-state index in [1.54, 1.807) is 38.5 Å². The van der Waals surface area contributed by atoms with E-state index in [4.69, 9.17) is 9.47 Å². The Morgan fingerprint density at radius 3 is 1.97 bits per heavy atom. The molecule has 5 rings (SSSR count). The first-order valence-corrected chi connectivity index (χ1v) is 10.1. The lowest BCUT2D eigenvalue weighted by atomic mass is 10.0.